The van der Waals surface area contributed by atoms with Crippen LogP contribution >= 0.6 is 15.9 Å². The average molecular weight is 1000 g/mol. The van der Waals surface area contributed by atoms with Gasteiger partial charge in [-0.25, -0.2) is 0 Å². The Morgan fingerprint density at radius 1 is 0.897 bits per heavy atom. The lowest BCUT2D eigenvalue weighted by atomic mass is 9.82. The first-order chi connectivity index (χ1) is 32.8. The number of hydrogen-bond acceptors (Lipinski definition) is 9. The fourth-order valence-corrected chi connectivity index (χ4v) is 15.2. The Morgan fingerprint density at radius 2 is 1.63 bits per heavy atom. The Bertz CT molecular complexity index is 2600. The van der Waals surface area contributed by atoms with Crippen molar-refractivity contribution in [1.29, 1.82) is 0 Å². The van der Waals surface area contributed by atoms with Crippen LogP contribution in [0.15, 0.2) is 120 Å². The predicted molar refractivity (Wildman–Crippen MR) is 271 cm³/mol. The smallest absolute Gasteiger partial charge is 0.264 e. The van der Waals surface area contributed by atoms with Gasteiger partial charge in [-0.05, 0) is 116 Å². The van der Waals surface area contributed by atoms with Gasteiger partial charge in [0.25, 0.3) is 5.91 Å². The van der Waals surface area contributed by atoms with Crippen molar-refractivity contribution in [3.05, 3.63) is 142 Å². The minimum Gasteiger partial charge on any atom is -0.497 e. The number of nitrogens with one attached hydrogen (secondary N) is 1. The molecule has 68 heavy (non-hydrogen) atoms. The van der Waals surface area contributed by atoms with Crippen LogP contribution in [0.1, 0.15) is 55.4 Å². The van der Waals surface area contributed by atoms with Crippen LogP contribution in [-0.4, -0.2) is 93.1 Å². The molecular formula is C54H63BrN4O8Si. The second kappa shape index (κ2) is 21.1. The number of halogens is 1. The Labute approximate surface area is 409 Å². The predicted octanol–water partition coefficient (Wildman–Crippen LogP) is 7.98. The van der Waals surface area contributed by atoms with Crippen LogP contribution in [-0.2, 0) is 44.2 Å². The Morgan fingerprint density at radius 3 is 2.35 bits per heavy atom. The highest BCUT2D eigenvalue weighted by molar-refractivity contribution is 9.10. The molecule has 1 unspecified atom stereocenters. The van der Waals surface area contributed by atoms with E-state index in [2.05, 4.69) is 53.4 Å². The summed E-state index contributed by atoms with van der Waals surface area (Å²) in [6, 6.07) is 36.9. The molecule has 8 rings (SSSR count). The molecule has 5 atom stereocenters. The number of hydrogen-bond donors (Lipinski definition) is 3. The summed E-state index contributed by atoms with van der Waals surface area (Å²) in [7, 11) is -0.944. The SMILES string of the molecule is CCOc1ccc2c(c1)CC(NCCCCO)C(=O)N2c1cccc(CN2C(=O)[C@]3(O[C@H](CC(=O)N(CCO)Cc4ccccc4)[C@@H]([Si](C)(C)c4ccc(OC)cc4)[C@@H]3C)c3cc(Br)ccc32)c1. The molecule has 1 fully saturated rings. The molecule has 1 spiro atoms. The highest BCUT2D eigenvalue weighted by Crippen LogP contribution is 2.60. The minimum atomic E-state index is -2.59. The molecule has 12 nitrogen and oxygen atoms in total. The van der Waals surface area contributed by atoms with Crippen LogP contribution < -0.4 is 29.8 Å². The fourth-order valence-electron chi connectivity index (χ4n) is 10.9. The van der Waals surface area contributed by atoms with Crippen molar-refractivity contribution >= 4 is 64.0 Å². The summed E-state index contributed by atoms with van der Waals surface area (Å²) in [4.78, 5) is 50.0. The van der Waals surface area contributed by atoms with E-state index >= 15 is 4.79 Å². The number of fused-ring (bicyclic) bond motifs is 3. The van der Waals surface area contributed by atoms with Crippen LogP contribution in [0.25, 0.3) is 0 Å². The van der Waals surface area contributed by atoms with Crippen molar-refractivity contribution in [3.63, 3.8) is 0 Å². The zero-order valence-corrected chi connectivity index (χ0v) is 42.2. The first-order valence-corrected chi connectivity index (χ1v) is 27.6. The summed E-state index contributed by atoms with van der Waals surface area (Å²) in [5.74, 6) is 0.696. The molecule has 0 radical (unpaired) electrons. The first kappa shape index (κ1) is 49.1. The highest BCUT2D eigenvalue weighted by atomic mass is 79.9. The minimum absolute atomic E-state index is 0.0313. The van der Waals surface area contributed by atoms with E-state index in [0.717, 1.165) is 61.2 Å². The second-order valence-corrected chi connectivity index (χ2v) is 24.2. The number of aliphatic hydroxyl groups is 2. The summed E-state index contributed by atoms with van der Waals surface area (Å²) in [5.41, 5.74) is 4.08. The van der Waals surface area contributed by atoms with Gasteiger partial charge in [-0.15, -0.1) is 0 Å². The topological polar surface area (TPSA) is 141 Å². The lowest BCUT2D eigenvalue weighted by Gasteiger charge is -2.37. The van der Waals surface area contributed by atoms with E-state index in [0.29, 0.717) is 38.2 Å². The second-order valence-electron chi connectivity index (χ2n) is 18.6. The maximum atomic E-state index is 15.7. The van der Waals surface area contributed by atoms with Gasteiger partial charge in [-0.1, -0.05) is 95.7 Å². The van der Waals surface area contributed by atoms with Gasteiger partial charge >= 0.3 is 0 Å². The quantitative estimate of drug-likeness (QED) is 0.0555. The number of ether oxygens (including phenoxy) is 3. The van der Waals surface area contributed by atoms with Gasteiger partial charge in [0.1, 0.15) is 11.5 Å². The van der Waals surface area contributed by atoms with E-state index < -0.39 is 25.8 Å². The molecule has 358 valence electrons. The van der Waals surface area contributed by atoms with Gasteiger partial charge in [-0.2, -0.15) is 0 Å². The van der Waals surface area contributed by atoms with Crippen LogP contribution in [0.2, 0.25) is 18.6 Å². The molecule has 0 aliphatic carbocycles. The number of anilines is 3. The lowest BCUT2D eigenvalue weighted by molar-refractivity contribution is -0.150. The number of aliphatic hydroxyl groups excluding tert-OH is 2. The maximum absolute atomic E-state index is 15.7. The monoisotopic (exact) mass is 1000 g/mol. The van der Waals surface area contributed by atoms with Gasteiger partial charge in [0.2, 0.25) is 11.8 Å². The summed E-state index contributed by atoms with van der Waals surface area (Å²) < 4.78 is 19.6. The molecule has 5 aromatic carbocycles. The average Bonchev–Trinajstić information content (AvgIpc) is 3.76. The van der Waals surface area contributed by atoms with E-state index in [4.69, 9.17) is 14.2 Å². The van der Waals surface area contributed by atoms with Crippen molar-refractivity contribution in [2.75, 3.05) is 49.8 Å². The van der Waals surface area contributed by atoms with Gasteiger partial charge in [0, 0.05) is 41.3 Å². The first-order valence-electron chi connectivity index (χ1n) is 23.7. The number of carbonyl (C=O) groups excluding carboxylic acids is 3. The van der Waals surface area contributed by atoms with Crippen molar-refractivity contribution < 1.29 is 38.8 Å². The van der Waals surface area contributed by atoms with Gasteiger partial charge in [-0.3, -0.25) is 19.3 Å². The van der Waals surface area contributed by atoms with Crippen molar-refractivity contribution in [3.8, 4) is 11.5 Å². The molecule has 3 aliphatic rings. The normalized spacial score (nSPS) is 21.0. The molecule has 0 bridgehead atoms. The molecule has 3 aliphatic heterocycles. The third-order valence-electron chi connectivity index (χ3n) is 14.1. The number of nitrogens with zero attached hydrogens (tertiary/aromatic N) is 3. The molecule has 0 saturated carbocycles. The van der Waals surface area contributed by atoms with Gasteiger partial charge < -0.3 is 39.5 Å². The van der Waals surface area contributed by atoms with Crippen LogP contribution in [0.4, 0.5) is 17.1 Å². The molecule has 14 heteroatoms. The summed E-state index contributed by atoms with van der Waals surface area (Å²) in [6.45, 7) is 10.4. The maximum Gasteiger partial charge on any atom is 0.264 e. The Kier molecular flexibility index (Phi) is 15.2. The van der Waals surface area contributed by atoms with Crippen LogP contribution in [0.5, 0.6) is 11.5 Å². The Hall–Kier alpha value is -5.35. The zero-order chi connectivity index (χ0) is 48.2. The van der Waals surface area contributed by atoms with E-state index in [1.54, 1.807) is 21.8 Å². The van der Waals surface area contributed by atoms with E-state index in [1.807, 2.05) is 110 Å². The lowest BCUT2D eigenvalue weighted by Crippen LogP contribution is -2.52. The van der Waals surface area contributed by atoms with Crippen molar-refractivity contribution in [2.24, 2.45) is 5.92 Å². The van der Waals surface area contributed by atoms with E-state index in [1.165, 1.54) is 0 Å². The van der Waals surface area contributed by atoms with Gasteiger partial charge in [0.15, 0.2) is 5.60 Å². The molecule has 0 aromatic heterocycles. The molecule has 3 heterocycles. The molecule has 5 aromatic rings. The number of unbranched alkanes of at least 4 members (excludes halogenated alkanes) is 1. The molecule has 3 amide bonds. The summed E-state index contributed by atoms with van der Waals surface area (Å²) >= 11 is 3.73. The number of rotatable bonds is 19. The number of carbonyl (C=O) groups is 3. The van der Waals surface area contributed by atoms with Crippen LogP contribution in [0.3, 0.4) is 0 Å². The number of amides is 3. The molecule has 1 saturated heterocycles. The number of methoxy groups -OCH3 is 1. The molecule has 3 N–H and O–H groups in total. The largest absolute Gasteiger partial charge is 0.497 e. The summed E-state index contributed by atoms with van der Waals surface area (Å²) in [5, 5.41) is 24.1. The summed E-state index contributed by atoms with van der Waals surface area (Å²) in [6.07, 6.45) is 1.28. The zero-order valence-electron chi connectivity index (χ0n) is 39.6. The van der Waals surface area contributed by atoms with Crippen molar-refractivity contribution in [1.82, 2.24) is 10.2 Å². The molecular weight excluding hydrogens is 941 g/mol. The fraction of sp³-hybridized carbons (Fsp3) is 0.389. The number of benzene rings is 5. The highest BCUT2D eigenvalue weighted by Gasteiger charge is 2.66. The third-order valence-corrected chi connectivity index (χ3v) is 19.0. The van der Waals surface area contributed by atoms with E-state index in [9.17, 15) is 19.8 Å². The van der Waals surface area contributed by atoms with E-state index in [-0.39, 0.29) is 61.9 Å². The van der Waals surface area contributed by atoms with Gasteiger partial charge in [0.05, 0.1) is 64.9 Å². The van der Waals surface area contributed by atoms with Crippen molar-refractivity contribution in [2.45, 2.75) is 89.0 Å². The Balaban J connectivity index is 1.15. The standard InChI is InChI=1S/C54H63BrN4O8Si/c1-6-66-43-20-24-47-39(30-43)31-46(56-25-10-11-27-60)52(63)59(47)41-16-12-15-38(29-41)35-58-48-23-17-40(55)32-45(48)54(53(58)64)36(2)51(68(4,5)44-21-18-42(65-3)19-22-44)49(67-54)33-50(62)57(26-28-61)34-37-13-8-7-9-14-37/h7-9,12-24,29-30,32,36,46,49,51,56,60-61H,6,10-11,25-28,31,33-35H2,1-5H3/t36-,46?,49+,51-,54+/m0/s1. The van der Waals surface area contributed by atoms with Crippen LogP contribution in [0, 0.1) is 5.92 Å². The third kappa shape index (κ3) is 9.63.